The lowest BCUT2D eigenvalue weighted by atomic mass is 10.2. The molecule has 0 saturated heterocycles. The molecule has 1 aliphatic rings. The molecule has 9 heteroatoms. The first-order valence-electron chi connectivity index (χ1n) is 7.27. The Bertz CT molecular complexity index is 1080. The van der Waals surface area contributed by atoms with Crippen LogP contribution in [0.3, 0.4) is 0 Å². The minimum atomic E-state index is 0.470. The van der Waals surface area contributed by atoms with E-state index in [0.29, 0.717) is 28.9 Å². The summed E-state index contributed by atoms with van der Waals surface area (Å²) in [6.07, 6.45) is 4.07. The Balaban J connectivity index is 1.81. The highest BCUT2D eigenvalue weighted by atomic mass is 35.5. The molecule has 0 bridgehead atoms. The third-order valence-corrected chi connectivity index (χ3v) is 4.23. The molecule has 0 aliphatic carbocycles. The van der Waals surface area contributed by atoms with Gasteiger partial charge in [0.05, 0.1) is 29.0 Å². The molecule has 1 aliphatic heterocycles. The van der Waals surface area contributed by atoms with Gasteiger partial charge in [0.25, 0.3) is 0 Å². The Morgan fingerprint density at radius 1 is 1.25 bits per heavy atom. The summed E-state index contributed by atoms with van der Waals surface area (Å²) >= 11 is 6.18. The van der Waals surface area contributed by atoms with Crippen molar-refractivity contribution in [1.82, 2.24) is 34.7 Å². The minimum Gasteiger partial charge on any atom is -0.339 e. The Morgan fingerprint density at radius 2 is 2.17 bits per heavy atom. The second-order valence-electron chi connectivity index (χ2n) is 5.49. The fourth-order valence-corrected chi connectivity index (χ4v) is 3.12. The maximum absolute atomic E-state index is 6.18. The highest BCUT2D eigenvalue weighted by molar-refractivity contribution is 6.30. The quantitative estimate of drug-likeness (QED) is 0.466. The molecule has 0 N–H and O–H groups in total. The molecule has 1 aromatic carbocycles. The fourth-order valence-electron chi connectivity index (χ4n) is 2.95. The summed E-state index contributed by atoms with van der Waals surface area (Å²) in [5.41, 5.74) is 4.32. The largest absolute Gasteiger partial charge is 0.339 e. The van der Waals surface area contributed by atoms with Crippen LogP contribution in [0.2, 0.25) is 5.02 Å². The molecule has 0 fully saturated rings. The molecule has 24 heavy (non-hydrogen) atoms. The summed E-state index contributed by atoms with van der Waals surface area (Å²) < 4.78 is 8.89. The fraction of sp³-hybridized carbons (Fsp3) is 0.133. The zero-order chi connectivity index (χ0) is 16.3. The number of halogens is 1. The van der Waals surface area contributed by atoms with Gasteiger partial charge in [-0.1, -0.05) is 22.0 Å². The molecular formula is C15H10ClN7O. The average Bonchev–Trinajstić information content (AvgIpc) is 3.27. The van der Waals surface area contributed by atoms with Gasteiger partial charge in [0, 0.05) is 18.4 Å². The summed E-state index contributed by atoms with van der Waals surface area (Å²) in [5.74, 6) is 0.969. The number of rotatable bonds is 1. The number of nitrogens with zero attached hydrogens (tertiary/aromatic N) is 7. The van der Waals surface area contributed by atoms with Crippen molar-refractivity contribution in [3.8, 4) is 22.9 Å². The van der Waals surface area contributed by atoms with E-state index < -0.39 is 0 Å². The molecule has 4 aromatic rings. The first kappa shape index (κ1) is 13.4. The van der Waals surface area contributed by atoms with E-state index in [1.165, 1.54) is 0 Å². The van der Waals surface area contributed by atoms with Crippen molar-refractivity contribution in [2.45, 2.75) is 13.3 Å². The molecule has 5 rings (SSSR count). The number of aryl methyl sites for hydroxylation is 1. The van der Waals surface area contributed by atoms with Crippen molar-refractivity contribution in [1.29, 1.82) is 0 Å². The molecule has 0 saturated carbocycles. The Hall–Kier alpha value is -3.00. The van der Waals surface area contributed by atoms with Crippen LogP contribution in [0.15, 0.2) is 35.2 Å². The van der Waals surface area contributed by atoms with E-state index in [1.54, 1.807) is 24.1 Å². The van der Waals surface area contributed by atoms with Gasteiger partial charge >= 0.3 is 0 Å². The van der Waals surface area contributed by atoms with E-state index in [9.17, 15) is 0 Å². The number of aromatic nitrogens is 7. The predicted molar refractivity (Wildman–Crippen MR) is 84.3 cm³/mol. The summed E-state index contributed by atoms with van der Waals surface area (Å²) in [5, 5.41) is 12.8. The van der Waals surface area contributed by atoms with E-state index >= 15 is 0 Å². The summed E-state index contributed by atoms with van der Waals surface area (Å²) in [4.78, 5) is 8.79. The van der Waals surface area contributed by atoms with Crippen LogP contribution in [0.5, 0.6) is 0 Å². The predicted octanol–water partition coefficient (Wildman–Crippen LogP) is 2.37. The molecule has 8 nitrogen and oxygen atoms in total. The lowest BCUT2D eigenvalue weighted by Gasteiger charge is -2.09. The summed E-state index contributed by atoms with van der Waals surface area (Å²) in [6, 6.07) is 5.64. The van der Waals surface area contributed by atoms with Gasteiger partial charge in [-0.15, -0.1) is 5.10 Å². The molecule has 0 atom stereocenters. The highest BCUT2D eigenvalue weighted by Gasteiger charge is 2.25. The second-order valence-corrected chi connectivity index (χ2v) is 5.93. The maximum Gasteiger partial charge on any atom is 0.223 e. The number of hydrogen-bond acceptors (Lipinski definition) is 6. The molecule has 3 aromatic heterocycles. The lowest BCUT2D eigenvalue weighted by molar-refractivity contribution is 0.394. The van der Waals surface area contributed by atoms with Gasteiger partial charge in [-0.2, -0.15) is 4.98 Å². The van der Waals surface area contributed by atoms with Crippen molar-refractivity contribution < 1.29 is 4.52 Å². The topological polar surface area (TPSA) is 87.5 Å². The Labute approximate surface area is 140 Å². The van der Waals surface area contributed by atoms with Crippen molar-refractivity contribution in [2.75, 3.05) is 0 Å². The van der Waals surface area contributed by atoms with E-state index in [-0.39, 0.29) is 0 Å². The standard InChI is InChI=1S/C15H10ClN7O/c1-8-19-15(20-24-8)14-13-5-10-6-18-21-23(10)12-4-9(16)2-3-11(12)22(13)7-17-14/h2-4,6-7H,5H2,1H3. The molecular weight excluding hydrogens is 330 g/mol. The Kier molecular flexibility index (Phi) is 2.66. The minimum absolute atomic E-state index is 0.470. The van der Waals surface area contributed by atoms with Crippen LogP contribution in [-0.4, -0.2) is 34.7 Å². The Morgan fingerprint density at radius 3 is 3.00 bits per heavy atom. The summed E-state index contributed by atoms with van der Waals surface area (Å²) in [7, 11) is 0. The van der Waals surface area contributed by atoms with E-state index in [0.717, 1.165) is 22.8 Å². The van der Waals surface area contributed by atoms with Gasteiger partial charge in [0.15, 0.2) is 0 Å². The van der Waals surface area contributed by atoms with Gasteiger partial charge in [-0.05, 0) is 18.2 Å². The third kappa shape index (κ3) is 1.83. The van der Waals surface area contributed by atoms with Crippen LogP contribution in [0.4, 0.5) is 0 Å². The first-order chi connectivity index (χ1) is 11.7. The molecule has 118 valence electrons. The van der Waals surface area contributed by atoms with E-state index in [4.69, 9.17) is 16.1 Å². The monoisotopic (exact) mass is 339 g/mol. The smallest absolute Gasteiger partial charge is 0.223 e. The van der Waals surface area contributed by atoms with Crippen LogP contribution in [0.25, 0.3) is 22.9 Å². The number of benzene rings is 1. The summed E-state index contributed by atoms with van der Waals surface area (Å²) in [6.45, 7) is 1.75. The average molecular weight is 340 g/mol. The van der Waals surface area contributed by atoms with E-state index in [1.807, 2.05) is 22.8 Å². The number of fused-ring (bicyclic) bond motifs is 5. The van der Waals surface area contributed by atoms with Crippen molar-refractivity contribution in [3.05, 3.63) is 53.0 Å². The van der Waals surface area contributed by atoms with Gasteiger partial charge in [-0.3, -0.25) is 4.57 Å². The SMILES string of the molecule is Cc1nc(-c2ncn3c2Cc2cnnn2-c2cc(Cl)ccc2-3)no1. The van der Waals surface area contributed by atoms with Crippen LogP contribution in [0.1, 0.15) is 17.3 Å². The zero-order valence-electron chi connectivity index (χ0n) is 12.5. The van der Waals surface area contributed by atoms with Crippen LogP contribution in [0, 0.1) is 6.92 Å². The van der Waals surface area contributed by atoms with Crippen molar-refractivity contribution in [2.24, 2.45) is 0 Å². The lowest BCUT2D eigenvalue weighted by Crippen LogP contribution is -2.03. The second kappa shape index (κ2) is 4.75. The van der Waals surface area contributed by atoms with Crippen LogP contribution < -0.4 is 0 Å². The van der Waals surface area contributed by atoms with Crippen molar-refractivity contribution in [3.63, 3.8) is 0 Å². The van der Waals surface area contributed by atoms with Gasteiger partial charge < -0.3 is 4.52 Å². The third-order valence-electron chi connectivity index (χ3n) is 4.00. The maximum atomic E-state index is 6.18. The van der Waals surface area contributed by atoms with Crippen molar-refractivity contribution >= 4 is 11.6 Å². The normalized spacial score (nSPS) is 12.4. The van der Waals surface area contributed by atoms with E-state index in [2.05, 4.69) is 25.4 Å². The highest BCUT2D eigenvalue weighted by Crippen LogP contribution is 2.32. The van der Waals surface area contributed by atoms with Gasteiger partial charge in [0.2, 0.25) is 11.7 Å². The number of imidazole rings is 1. The molecule has 0 unspecified atom stereocenters. The first-order valence-corrected chi connectivity index (χ1v) is 7.65. The van der Waals surface area contributed by atoms with Gasteiger partial charge in [0.1, 0.15) is 12.0 Å². The van der Waals surface area contributed by atoms with Crippen LogP contribution >= 0.6 is 11.6 Å². The number of hydrogen-bond donors (Lipinski definition) is 0. The molecule has 0 spiro atoms. The van der Waals surface area contributed by atoms with Gasteiger partial charge in [-0.25, -0.2) is 9.67 Å². The molecule has 4 heterocycles. The molecule has 0 radical (unpaired) electrons. The van der Waals surface area contributed by atoms with Crippen LogP contribution in [-0.2, 0) is 6.42 Å². The zero-order valence-corrected chi connectivity index (χ0v) is 13.3. The molecule has 0 amide bonds.